The van der Waals surface area contributed by atoms with Crippen LogP contribution in [0.3, 0.4) is 0 Å². The molecule has 0 saturated carbocycles. The lowest BCUT2D eigenvalue weighted by atomic mass is 9.99. The number of hydrogen-bond donors (Lipinski definition) is 1. The van der Waals surface area contributed by atoms with Gasteiger partial charge in [0.1, 0.15) is 0 Å². The first-order valence-electron chi connectivity index (χ1n) is 6.44. The minimum atomic E-state index is 0.0570. The molecule has 0 bridgehead atoms. The zero-order valence-corrected chi connectivity index (χ0v) is 10.1. The largest absolute Gasteiger partial charge is 0.381 e. The van der Waals surface area contributed by atoms with Gasteiger partial charge in [-0.3, -0.25) is 4.79 Å². The minimum Gasteiger partial charge on any atom is -0.381 e. The fourth-order valence-electron chi connectivity index (χ4n) is 2.69. The normalized spacial score (nSPS) is 28.4. The zero-order valence-electron chi connectivity index (χ0n) is 10.1. The third-order valence-corrected chi connectivity index (χ3v) is 3.56. The Balaban J connectivity index is 1.94. The number of nitrogens with one attached hydrogen (secondary N) is 1. The highest BCUT2D eigenvalue weighted by atomic mass is 16.5. The van der Waals surface area contributed by atoms with Crippen LogP contribution in [-0.2, 0) is 9.53 Å². The lowest BCUT2D eigenvalue weighted by Crippen LogP contribution is -2.55. The van der Waals surface area contributed by atoms with Gasteiger partial charge in [0.25, 0.3) is 0 Å². The van der Waals surface area contributed by atoms with Crippen LogP contribution in [0.1, 0.15) is 32.6 Å². The van der Waals surface area contributed by atoms with Crippen molar-refractivity contribution in [3.05, 3.63) is 0 Å². The molecule has 1 amide bonds. The van der Waals surface area contributed by atoms with Gasteiger partial charge >= 0.3 is 0 Å². The standard InChI is InChI=1S/C12H22N2O2/c1-2-13-11-4-3-7-14(12(11)15)10-5-8-16-9-6-10/h10-11,13H,2-9H2,1H3. The number of nitrogens with zero attached hydrogens (tertiary/aromatic N) is 1. The molecule has 0 spiro atoms. The van der Waals surface area contributed by atoms with Gasteiger partial charge in [-0.15, -0.1) is 0 Å². The Morgan fingerprint density at radius 2 is 2.12 bits per heavy atom. The van der Waals surface area contributed by atoms with E-state index in [9.17, 15) is 4.79 Å². The van der Waals surface area contributed by atoms with Gasteiger partial charge in [-0.05, 0) is 32.2 Å². The highest BCUT2D eigenvalue weighted by molar-refractivity contribution is 5.82. The third kappa shape index (κ3) is 2.55. The number of amides is 1. The van der Waals surface area contributed by atoms with Crippen molar-refractivity contribution in [1.82, 2.24) is 10.2 Å². The molecule has 0 aromatic rings. The third-order valence-electron chi connectivity index (χ3n) is 3.56. The first kappa shape index (κ1) is 11.9. The molecular formula is C12H22N2O2. The predicted molar refractivity (Wildman–Crippen MR) is 62.3 cm³/mol. The summed E-state index contributed by atoms with van der Waals surface area (Å²) in [6, 6.07) is 0.476. The summed E-state index contributed by atoms with van der Waals surface area (Å²) >= 11 is 0. The van der Waals surface area contributed by atoms with Gasteiger partial charge in [0.05, 0.1) is 6.04 Å². The van der Waals surface area contributed by atoms with E-state index in [0.29, 0.717) is 11.9 Å². The maximum atomic E-state index is 12.2. The molecule has 1 unspecified atom stereocenters. The summed E-state index contributed by atoms with van der Waals surface area (Å²) in [5, 5.41) is 3.28. The summed E-state index contributed by atoms with van der Waals surface area (Å²) in [7, 11) is 0. The van der Waals surface area contributed by atoms with Crippen LogP contribution in [0.4, 0.5) is 0 Å². The molecule has 0 aromatic carbocycles. The molecule has 4 nitrogen and oxygen atoms in total. The summed E-state index contributed by atoms with van der Waals surface area (Å²) in [5.74, 6) is 0.306. The first-order valence-corrected chi connectivity index (χ1v) is 6.44. The Morgan fingerprint density at radius 1 is 1.38 bits per heavy atom. The van der Waals surface area contributed by atoms with Crippen LogP contribution in [0.15, 0.2) is 0 Å². The Morgan fingerprint density at radius 3 is 2.81 bits per heavy atom. The summed E-state index contributed by atoms with van der Waals surface area (Å²) in [5.41, 5.74) is 0. The number of likely N-dealkylation sites (N-methyl/N-ethyl adjacent to an activating group) is 1. The maximum absolute atomic E-state index is 12.2. The number of ether oxygens (including phenoxy) is 1. The molecule has 0 aromatic heterocycles. The van der Waals surface area contributed by atoms with Crippen molar-refractivity contribution in [2.75, 3.05) is 26.3 Å². The van der Waals surface area contributed by atoms with Gasteiger partial charge < -0.3 is 15.0 Å². The second-order valence-electron chi connectivity index (χ2n) is 4.63. The number of rotatable bonds is 3. The highest BCUT2D eigenvalue weighted by Gasteiger charge is 2.33. The van der Waals surface area contributed by atoms with E-state index >= 15 is 0 Å². The van der Waals surface area contributed by atoms with E-state index in [0.717, 1.165) is 52.0 Å². The molecule has 2 aliphatic rings. The molecule has 2 saturated heterocycles. The second kappa shape index (κ2) is 5.64. The Labute approximate surface area is 97.3 Å². The molecule has 92 valence electrons. The predicted octanol–water partition coefficient (Wildman–Crippen LogP) is 0.766. The molecule has 2 rings (SSSR count). The SMILES string of the molecule is CCNC1CCCN(C2CCOCC2)C1=O. The zero-order chi connectivity index (χ0) is 11.4. The fourth-order valence-corrected chi connectivity index (χ4v) is 2.69. The molecule has 2 heterocycles. The fraction of sp³-hybridized carbons (Fsp3) is 0.917. The smallest absolute Gasteiger partial charge is 0.239 e. The summed E-state index contributed by atoms with van der Waals surface area (Å²) in [4.78, 5) is 14.3. The lowest BCUT2D eigenvalue weighted by Gasteiger charge is -2.39. The molecule has 1 N–H and O–H groups in total. The lowest BCUT2D eigenvalue weighted by molar-refractivity contribution is -0.140. The molecule has 0 aliphatic carbocycles. The molecule has 0 radical (unpaired) electrons. The summed E-state index contributed by atoms with van der Waals surface area (Å²) in [6.45, 7) is 5.48. The summed E-state index contributed by atoms with van der Waals surface area (Å²) in [6.07, 6.45) is 4.13. The van der Waals surface area contributed by atoms with Crippen LogP contribution in [0, 0.1) is 0 Å². The van der Waals surface area contributed by atoms with Gasteiger partial charge in [-0.2, -0.15) is 0 Å². The van der Waals surface area contributed by atoms with E-state index in [4.69, 9.17) is 4.74 Å². The molecule has 2 fully saturated rings. The number of carbonyl (C=O) groups is 1. The van der Waals surface area contributed by atoms with Crippen LogP contribution in [0.2, 0.25) is 0 Å². The van der Waals surface area contributed by atoms with Crippen LogP contribution in [0.25, 0.3) is 0 Å². The second-order valence-corrected chi connectivity index (χ2v) is 4.63. The van der Waals surface area contributed by atoms with Crippen molar-refractivity contribution in [1.29, 1.82) is 0 Å². The maximum Gasteiger partial charge on any atom is 0.239 e. The van der Waals surface area contributed by atoms with Crippen LogP contribution in [0.5, 0.6) is 0 Å². The van der Waals surface area contributed by atoms with Gasteiger partial charge in [-0.1, -0.05) is 6.92 Å². The van der Waals surface area contributed by atoms with Crippen molar-refractivity contribution in [3.63, 3.8) is 0 Å². The first-order chi connectivity index (χ1) is 7.83. The van der Waals surface area contributed by atoms with Crippen molar-refractivity contribution in [2.24, 2.45) is 0 Å². The van der Waals surface area contributed by atoms with E-state index in [2.05, 4.69) is 17.1 Å². The quantitative estimate of drug-likeness (QED) is 0.772. The van der Waals surface area contributed by atoms with Crippen molar-refractivity contribution in [3.8, 4) is 0 Å². The van der Waals surface area contributed by atoms with Gasteiger partial charge in [0, 0.05) is 25.8 Å². The van der Waals surface area contributed by atoms with E-state index in [1.807, 2.05) is 0 Å². The van der Waals surface area contributed by atoms with E-state index < -0.39 is 0 Å². The van der Waals surface area contributed by atoms with Crippen LogP contribution < -0.4 is 5.32 Å². The van der Waals surface area contributed by atoms with Gasteiger partial charge in [0.2, 0.25) is 5.91 Å². The molecule has 4 heteroatoms. The van der Waals surface area contributed by atoms with Gasteiger partial charge in [-0.25, -0.2) is 0 Å². The van der Waals surface area contributed by atoms with E-state index in [1.54, 1.807) is 0 Å². The van der Waals surface area contributed by atoms with Crippen molar-refractivity contribution in [2.45, 2.75) is 44.7 Å². The van der Waals surface area contributed by atoms with Gasteiger partial charge in [0.15, 0.2) is 0 Å². The highest BCUT2D eigenvalue weighted by Crippen LogP contribution is 2.20. The van der Waals surface area contributed by atoms with Crippen LogP contribution >= 0.6 is 0 Å². The number of piperidine rings is 1. The number of likely N-dealkylation sites (tertiary alicyclic amines) is 1. The Bertz CT molecular complexity index is 237. The van der Waals surface area contributed by atoms with E-state index in [1.165, 1.54) is 0 Å². The average molecular weight is 226 g/mol. The van der Waals surface area contributed by atoms with Crippen molar-refractivity contribution >= 4 is 5.91 Å². The molecule has 2 aliphatic heterocycles. The Kier molecular flexibility index (Phi) is 4.18. The Hall–Kier alpha value is -0.610. The molecule has 16 heavy (non-hydrogen) atoms. The minimum absolute atomic E-state index is 0.0570. The summed E-state index contributed by atoms with van der Waals surface area (Å²) < 4.78 is 5.35. The molecular weight excluding hydrogens is 204 g/mol. The molecule has 1 atom stereocenters. The number of hydrogen-bond acceptors (Lipinski definition) is 3. The average Bonchev–Trinajstić information content (AvgIpc) is 2.33. The van der Waals surface area contributed by atoms with Crippen molar-refractivity contribution < 1.29 is 9.53 Å². The van der Waals surface area contributed by atoms with Crippen LogP contribution in [-0.4, -0.2) is 49.2 Å². The topological polar surface area (TPSA) is 41.6 Å². The number of carbonyl (C=O) groups excluding carboxylic acids is 1. The monoisotopic (exact) mass is 226 g/mol. The van der Waals surface area contributed by atoms with E-state index in [-0.39, 0.29) is 6.04 Å².